The highest BCUT2D eigenvalue weighted by molar-refractivity contribution is 7.46. The molecule has 156 valence electrons. The van der Waals surface area contributed by atoms with E-state index in [0.29, 0.717) is 6.42 Å². The Balaban J connectivity index is 2.08. The summed E-state index contributed by atoms with van der Waals surface area (Å²) in [6.45, 7) is 1.22. The number of nitrogen functional groups attached to an aromatic ring is 1. The molecule has 1 saturated heterocycles. The van der Waals surface area contributed by atoms with Gasteiger partial charge in [0.2, 0.25) is 5.95 Å². The fraction of sp³-hybridized carbons (Fsp3) is 0.615. The number of nitrogens with two attached hydrogens (primary N) is 1. The second kappa shape index (κ2) is 7.40. The number of rotatable bonds is 6. The van der Waals surface area contributed by atoms with Gasteiger partial charge in [0.15, 0.2) is 17.4 Å². The summed E-state index contributed by atoms with van der Waals surface area (Å²) in [4.78, 5) is 49.0. The predicted molar refractivity (Wildman–Crippen MR) is 93.2 cm³/mol. The molecule has 14 nitrogen and oxygen atoms in total. The molecule has 28 heavy (non-hydrogen) atoms. The topological polar surface area (TPSA) is 215 Å². The molecule has 0 radical (unpaired) electrons. The Kier molecular flexibility index (Phi) is 5.46. The van der Waals surface area contributed by atoms with Gasteiger partial charge in [-0.1, -0.05) is 6.92 Å². The van der Waals surface area contributed by atoms with E-state index in [0.717, 1.165) is 9.13 Å². The molecule has 0 bridgehead atoms. The fourth-order valence-corrected chi connectivity index (χ4v) is 3.45. The van der Waals surface area contributed by atoms with Crippen LogP contribution in [0.15, 0.2) is 9.59 Å². The van der Waals surface area contributed by atoms with Crippen LogP contribution in [0.5, 0.6) is 0 Å². The number of fused-ring (bicyclic) bond motifs is 1. The quantitative estimate of drug-likeness (QED) is 0.270. The first-order valence-electron chi connectivity index (χ1n) is 8.27. The van der Waals surface area contributed by atoms with E-state index in [4.69, 9.17) is 20.3 Å². The molecule has 1 aliphatic rings. The van der Waals surface area contributed by atoms with Gasteiger partial charge >= 0.3 is 13.5 Å². The number of nitrogens with one attached hydrogen (secondary N) is 1. The second-order valence-electron chi connectivity index (χ2n) is 6.26. The monoisotopic (exact) mass is 421 g/mol. The Hall–Kier alpha value is -2.06. The predicted octanol–water partition coefficient (Wildman–Crippen LogP) is -2.39. The van der Waals surface area contributed by atoms with Crippen molar-refractivity contribution in [1.82, 2.24) is 19.1 Å². The summed E-state index contributed by atoms with van der Waals surface area (Å²) >= 11 is 0. The molecule has 4 atom stereocenters. The van der Waals surface area contributed by atoms with Crippen LogP contribution < -0.4 is 17.0 Å². The van der Waals surface area contributed by atoms with E-state index in [-0.39, 0.29) is 23.7 Å². The van der Waals surface area contributed by atoms with Crippen LogP contribution in [0.25, 0.3) is 11.2 Å². The van der Waals surface area contributed by atoms with E-state index < -0.39 is 50.2 Å². The number of aryl methyl sites for hydroxylation is 1. The largest absolute Gasteiger partial charge is 0.469 e. The number of hydrogen-bond acceptors (Lipinski definition) is 9. The van der Waals surface area contributed by atoms with Crippen LogP contribution in [0.1, 0.15) is 19.6 Å². The summed E-state index contributed by atoms with van der Waals surface area (Å²) in [5.74, 6) is -0.269. The third-order valence-corrected chi connectivity index (χ3v) is 4.76. The highest BCUT2D eigenvalue weighted by Gasteiger charge is 2.46. The van der Waals surface area contributed by atoms with Crippen LogP contribution >= 0.6 is 7.82 Å². The average Bonchev–Trinajstić information content (AvgIpc) is 3.01. The van der Waals surface area contributed by atoms with Gasteiger partial charge in [-0.3, -0.25) is 18.9 Å². The van der Waals surface area contributed by atoms with Crippen LogP contribution in [-0.4, -0.2) is 64.0 Å². The van der Waals surface area contributed by atoms with Gasteiger partial charge in [0.25, 0.3) is 5.56 Å². The smallest absolute Gasteiger partial charge is 0.387 e. The molecule has 0 amide bonds. The lowest BCUT2D eigenvalue weighted by Gasteiger charge is -2.16. The Morgan fingerprint density at radius 3 is 2.61 bits per heavy atom. The first-order chi connectivity index (χ1) is 13.0. The Morgan fingerprint density at radius 2 is 2.00 bits per heavy atom. The molecule has 0 aliphatic carbocycles. The van der Waals surface area contributed by atoms with Crippen LogP contribution in [0.3, 0.4) is 0 Å². The van der Waals surface area contributed by atoms with E-state index in [1.54, 1.807) is 6.92 Å². The van der Waals surface area contributed by atoms with Gasteiger partial charge in [-0.15, -0.1) is 0 Å². The minimum Gasteiger partial charge on any atom is -0.387 e. The molecule has 0 unspecified atom stereocenters. The van der Waals surface area contributed by atoms with Gasteiger partial charge in [-0.05, 0) is 6.42 Å². The third-order valence-electron chi connectivity index (χ3n) is 4.28. The number of imidazole rings is 1. The first kappa shape index (κ1) is 20.7. The van der Waals surface area contributed by atoms with Crippen LogP contribution in [-0.2, 0) is 20.4 Å². The van der Waals surface area contributed by atoms with Gasteiger partial charge in [-0.25, -0.2) is 13.9 Å². The zero-order valence-electron chi connectivity index (χ0n) is 14.6. The average molecular weight is 421 g/mol. The van der Waals surface area contributed by atoms with Crippen molar-refractivity contribution in [3.05, 3.63) is 20.8 Å². The molecule has 2 aromatic heterocycles. The normalized spacial score (nSPS) is 25.6. The molecule has 7 N–H and O–H groups in total. The van der Waals surface area contributed by atoms with Gasteiger partial charge in [0, 0.05) is 6.54 Å². The number of aromatic amines is 1. The highest BCUT2D eigenvalue weighted by Crippen LogP contribution is 2.38. The zero-order chi connectivity index (χ0) is 20.8. The Morgan fingerprint density at radius 1 is 1.32 bits per heavy atom. The number of ether oxygens (including phenoxy) is 1. The van der Waals surface area contributed by atoms with Gasteiger partial charge in [0.1, 0.15) is 18.3 Å². The first-order valence-corrected chi connectivity index (χ1v) is 9.80. The number of anilines is 1. The summed E-state index contributed by atoms with van der Waals surface area (Å²) < 4.78 is 22.6. The summed E-state index contributed by atoms with van der Waals surface area (Å²) in [6.07, 6.45) is -5.60. The molecule has 3 rings (SSSR count). The number of phosphoric acid groups is 1. The maximum atomic E-state index is 12.9. The maximum absolute atomic E-state index is 12.9. The Labute approximate surface area is 156 Å². The lowest BCUT2D eigenvalue weighted by atomic mass is 10.1. The van der Waals surface area contributed by atoms with Crippen molar-refractivity contribution < 1.29 is 33.8 Å². The molecule has 0 spiro atoms. The summed E-state index contributed by atoms with van der Waals surface area (Å²) in [7, 11) is -4.84. The molecular weight excluding hydrogens is 401 g/mol. The molecule has 1 aliphatic heterocycles. The van der Waals surface area contributed by atoms with Crippen molar-refractivity contribution >= 4 is 24.9 Å². The number of aliphatic hydroxyl groups excluding tert-OH is 2. The summed E-state index contributed by atoms with van der Waals surface area (Å²) in [5, 5.41) is 20.5. The molecule has 2 aromatic rings. The summed E-state index contributed by atoms with van der Waals surface area (Å²) in [5.41, 5.74) is 3.92. The second-order valence-corrected chi connectivity index (χ2v) is 7.50. The van der Waals surface area contributed by atoms with Crippen LogP contribution in [0.4, 0.5) is 5.95 Å². The fourth-order valence-electron chi connectivity index (χ4n) is 3.11. The van der Waals surface area contributed by atoms with E-state index in [1.165, 1.54) is 0 Å². The number of aromatic nitrogens is 4. The Bertz CT molecular complexity index is 1040. The third kappa shape index (κ3) is 3.63. The van der Waals surface area contributed by atoms with E-state index in [1.807, 2.05) is 0 Å². The minimum absolute atomic E-state index is 0.0822. The maximum Gasteiger partial charge on any atom is 0.469 e. The molecular formula is C13H20N5O9P. The molecule has 1 fully saturated rings. The number of hydrogen-bond donors (Lipinski definition) is 6. The van der Waals surface area contributed by atoms with Crippen molar-refractivity contribution in [3.63, 3.8) is 0 Å². The van der Waals surface area contributed by atoms with Crippen molar-refractivity contribution in [3.8, 4) is 0 Å². The highest BCUT2D eigenvalue weighted by atomic mass is 31.2. The molecule has 3 heterocycles. The minimum atomic E-state index is -4.84. The molecule has 0 saturated carbocycles. The van der Waals surface area contributed by atoms with Crippen molar-refractivity contribution in [2.45, 2.75) is 44.4 Å². The number of aliphatic hydroxyl groups is 2. The molecule has 0 aromatic carbocycles. The van der Waals surface area contributed by atoms with E-state index in [9.17, 15) is 24.4 Å². The number of phosphoric ester groups is 1. The zero-order valence-corrected chi connectivity index (χ0v) is 15.5. The lowest BCUT2D eigenvalue weighted by Crippen LogP contribution is -2.36. The number of H-pyrrole nitrogens is 1. The van der Waals surface area contributed by atoms with E-state index in [2.05, 4.69) is 14.5 Å². The van der Waals surface area contributed by atoms with Gasteiger partial charge in [0.05, 0.1) is 6.61 Å². The lowest BCUT2D eigenvalue weighted by molar-refractivity contribution is -0.0520. The van der Waals surface area contributed by atoms with Gasteiger partial charge in [-0.2, -0.15) is 4.98 Å². The standard InChI is InChI=1S/C13H20N5O9P/c1-2-3-17-6-9(15-12(14)16-10(6)21)18(13(17)22)11-8(20)7(19)5(27-11)4-26-28(23,24)25/h5,7-8,11,19-20H,2-4H2,1H3,(H2,23,24,25)(H3,14,15,16,21)/t5-,7-,8-,11-/m1/s1. The van der Waals surface area contributed by atoms with Crippen molar-refractivity contribution in [1.29, 1.82) is 0 Å². The van der Waals surface area contributed by atoms with Gasteiger partial charge < -0.3 is 30.5 Å². The summed E-state index contributed by atoms with van der Waals surface area (Å²) in [6, 6.07) is 0. The van der Waals surface area contributed by atoms with Crippen molar-refractivity contribution in [2.75, 3.05) is 12.3 Å². The SMILES string of the molecule is CCCn1c(=O)n([C@@H]2O[C@H](COP(=O)(O)O)[C@@H](O)[C@H]2O)c2nc(N)[nH]c(=O)c21. The number of nitrogens with zero attached hydrogens (tertiary/aromatic N) is 3. The van der Waals surface area contributed by atoms with Crippen LogP contribution in [0.2, 0.25) is 0 Å². The van der Waals surface area contributed by atoms with E-state index >= 15 is 0 Å². The van der Waals surface area contributed by atoms with Crippen LogP contribution in [0, 0.1) is 0 Å². The van der Waals surface area contributed by atoms with Crippen molar-refractivity contribution in [2.24, 2.45) is 0 Å². The molecule has 15 heteroatoms.